The van der Waals surface area contributed by atoms with Gasteiger partial charge in [0.15, 0.2) is 0 Å². The Morgan fingerprint density at radius 3 is 2.84 bits per heavy atom. The van der Waals surface area contributed by atoms with E-state index in [0.29, 0.717) is 0 Å². The van der Waals surface area contributed by atoms with E-state index in [2.05, 4.69) is 43.2 Å². The van der Waals surface area contributed by atoms with E-state index in [1.54, 1.807) is 0 Å². The molecule has 1 saturated carbocycles. The predicted octanol–water partition coefficient (Wildman–Crippen LogP) is 3.73. The normalized spacial score (nSPS) is 17.3. The summed E-state index contributed by atoms with van der Waals surface area (Å²) in [7, 11) is 0. The van der Waals surface area contributed by atoms with Crippen molar-refractivity contribution in [1.29, 1.82) is 5.26 Å². The molecule has 1 aromatic rings. The van der Waals surface area contributed by atoms with Crippen molar-refractivity contribution in [3.05, 3.63) is 29.8 Å². The molecule has 3 nitrogen and oxygen atoms in total. The highest BCUT2D eigenvalue weighted by Crippen LogP contribution is 2.47. The average molecular weight is 386 g/mol. The van der Waals surface area contributed by atoms with Crippen LogP contribution in [0.4, 0.5) is 5.69 Å². The highest BCUT2D eigenvalue weighted by molar-refractivity contribution is 9.10. The second-order valence-electron chi connectivity index (χ2n) is 4.71. The molecule has 1 aliphatic rings. The van der Waals surface area contributed by atoms with Crippen LogP contribution in [0.25, 0.3) is 0 Å². The van der Waals surface area contributed by atoms with Crippen LogP contribution in [0.5, 0.6) is 0 Å². The molecule has 19 heavy (non-hydrogen) atoms. The Morgan fingerprint density at radius 1 is 1.53 bits per heavy atom. The molecular formula is C14H14Br2N2O. The van der Waals surface area contributed by atoms with E-state index in [-0.39, 0.29) is 16.1 Å². The van der Waals surface area contributed by atoms with Crippen LogP contribution >= 0.6 is 31.9 Å². The Hall–Kier alpha value is -0.860. The number of halogens is 2. The van der Waals surface area contributed by atoms with E-state index < -0.39 is 0 Å². The molecule has 1 atom stereocenters. The maximum Gasteiger partial charge on any atom is 0.238 e. The smallest absolute Gasteiger partial charge is 0.238 e. The van der Waals surface area contributed by atoms with E-state index in [4.69, 9.17) is 0 Å². The second kappa shape index (κ2) is 6.06. The highest BCUT2D eigenvalue weighted by atomic mass is 79.9. The molecule has 1 aliphatic carbocycles. The number of nitriles is 1. The van der Waals surface area contributed by atoms with E-state index in [0.717, 1.165) is 35.8 Å². The lowest BCUT2D eigenvalue weighted by Gasteiger charge is -2.12. The molecule has 5 heteroatoms. The van der Waals surface area contributed by atoms with Crippen LogP contribution in [0.1, 0.15) is 24.8 Å². The third-order valence-electron chi connectivity index (χ3n) is 3.29. The molecule has 100 valence electrons. The fraction of sp³-hybridized carbons (Fsp3) is 0.429. The molecule has 1 fully saturated rings. The first kappa shape index (κ1) is 14.5. The number of benzene rings is 1. The summed E-state index contributed by atoms with van der Waals surface area (Å²) in [6, 6.07) is 9.96. The van der Waals surface area contributed by atoms with Gasteiger partial charge >= 0.3 is 0 Å². The topological polar surface area (TPSA) is 52.9 Å². The molecular weight excluding hydrogens is 372 g/mol. The second-order valence-corrected chi connectivity index (χ2v) is 6.61. The number of amides is 1. The van der Waals surface area contributed by atoms with Gasteiger partial charge < -0.3 is 5.32 Å². The van der Waals surface area contributed by atoms with Crippen molar-refractivity contribution < 1.29 is 4.79 Å². The Labute approximate surface area is 129 Å². The third kappa shape index (κ3) is 3.37. The molecule has 0 aromatic heterocycles. The zero-order chi connectivity index (χ0) is 13.9. The Balaban J connectivity index is 2.08. The number of alkyl halides is 2. The van der Waals surface area contributed by atoms with Crippen molar-refractivity contribution in [2.24, 2.45) is 0 Å². The monoisotopic (exact) mass is 384 g/mol. The molecule has 0 saturated heterocycles. The number of hydrogen-bond donors (Lipinski definition) is 1. The summed E-state index contributed by atoms with van der Waals surface area (Å²) in [4.78, 5) is 11.7. The van der Waals surface area contributed by atoms with E-state index in [1.807, 2.05) is 24.3 Å². The number of carbonyl (C=O) groups excluding carboxylic acids is 1. The summed E-state index contributed by atoms with van der Waals surface area (Å²) in [5.41, 5.74) is 1.44. The Morgan fingerprint density at radius 2 is 2.26 bits per heavy atom. The summed E-state index contributed by atoms with van der Waals surface area (Å²) in [5, 5.41) is 12.8. The van der Waals surface area contributed by atoms with Crippen molar-refractivity contribution in [3.8, 4) is 6.07 Å². The molecule has 0 bridgehead atoms. The highest BCUT2D eigenvalue weighted by Gasteiger charge is 2.44. The Kier molecular flexibility index (Phi) is 4.64. The van der Waals surface area contributed by atoms with Crippen molar-refractivity contribution >= 4 is 43.5 Å². The number of carbonyl (C=O) groups is 1. The first-order valence-electron chi connectivity index (χ1n) is 6.14. The molecule has 1 unspecified atom stereocenters. The van der Waals surface area contributed by atoms with Gasteiger partial charge in [-0.25, -0.2) is 0 Å². The van der Waals surface area contributed by atoms with Crippen molar-refractivity contribution in [3.63, 3.8) is 0 Å². The first-order chi connectivity index (χ1) is 9.11. The van der Waals surface area contributed by atoms with E-state index >= 15 is 0 Å². The van der Waals surface area contributed by atoms with Gasteiger partial charge in [0.05, 0.1) is 16.3 Å². The van der Waals surface area contributed by atoms with Gasteiger partial charge in [-0.2, -0.15) is 5.26 Å². The number of anilines is 1. The van der Waals surface area contributed by atoms with Gasteiger partial charge in [-0.05, 0) is 37.0 Å². The van der Waals surface area contributed by atoms with Crippen molar-refractivity contribution in [1.82, 2.24) is 0 Å². The lowest BCUT2D eigenvalue weighted by Crippen LogP contribution is -2.23. The molecule has 0 heterocycles. The van der Waals surface area contributed by atoms with Crippen LogP contribution < -0.4 is 5.32 Å². The van der Waals surface area contributed by atoms with Gasteiger partial charge in [-0.1, -0.05) is 44.0 Å². The largest absolute Gasteiger partial charge is 0.325 e. The minimum atomic E-state index is -0.315. The standard InChI is InChI=1S/C14H14Br2N2O/c15-7-4-12(16)13(19)18-11-3-1-2-10(8-11)14(9-17)5-6-14/h1-3,8,12H,4-7H2,(H,18,19). The SMILES string of the molecule is N#CC1(c2cccc(NC(=O)C(Br)CCBr)c2)CC1. The summed E-state index contributed by atoms with van der Waals surface area (Å²) >= 11 is 6.66. The summed E-state index contributed by atoms with van der Waals surface area (Å²) < 4.78 is 0. The quantitative estimate of drug-likeness (QED) is 0.785. The summed E-state index contributed by atoms with van der Waals surface area (Å²) in [5.74, 6) is -0.0570. The van der Waals surface area contributed by atoms with Crippen LogP contribution in [0.15, 0.2) is 24.3 Å². The van der Waals surface area contributed by atoms with E-state index in [1.165, 1.54) is 0 Å². The van der Waals surface area contributed by atoms with Crippen molar-refractivity contribution in [2.45, 2.75) is 29.5 Å². The number of nitrogens with zero attached hydrogens (tertiary/aromatic N) is 1. The van der Waals surface area contributed by atoms with Crippen molar-refractivity contribution in [2.75, 3.05) is 10.6 Å². The average Bonchev–Trinajstić information content (AvgIpc) is 3.20. The zero-order valence-electron chi connectivity index (χ0n) is 10.3. The van der Waals surface area contributed by atoms with Crippen LogP contribution in [0.3, 0.4) is 0 Å². The van der Waals surface area contributed by atoms with Gasteiger partial charge in [-0.15, -0.1) is 0 Å². The molecule has 0 radical (unpaired) electrons. The van der Waals surface area contributed by atoms with Crippen LogP contribution in [0, 0.1) is 11.3 Å². The van der Waals surface area contributed by atoms with Gasteiger partial charge in [-0.3, -0.25) is 4.79 Å². The predicted molar refractivity (Wildman–Crippen MR) is 82.7 cm³/mol. The maximum atomic E-state index is 11.9. The lowest BCUT2D eigenvalue weighted by atomic mass is 9.97. The van der Waals surface area contributed by atoms with Gasteiger partial charge in [0, 0.05) is 11.0 Å². The number of nitrogens with one attached hydrogen (secondary N) is 1. The van der Waals surface area contributed by atoms with Gasteiger partial charge in [0.25, 0.3) is 0 Å². The van der Waals surface area contributed by atoms with Crippen LogP contribution in [-0.2, 0) is 10.2 Å². The molecule has 0 aliphatic heterocycles. The molecule has 1 aromatic carbocycles. The van der Waals surface area contributed by atoms with Crippen LogP contribution in [-0.4, -0.2) is 16.1 Å². The Bertz CT molecular complexity index is 520. The lowest BCUT2D eigenvalue weighted by molar-refractivity contribution is -0.115. The molecule has 2 rings (SSSR count). The molecule has 1 N–H and O–H groups in total. The fourth-order valence-corrected chi connectivity index (χ4v) is 3.35. The molecule has 1 amide bonds. The maximum absolute atomic E-state index is 11.9. The van der Waals surface area contributed by atoms with Crippen LogP contribution in [0.2, 0.25) is 0 Å². The van der Waals surface area contributed by atoms with E-state index in [9.17, 15) is 10.1 Å². The minimum absolute atomic E-state index is 0.0570. The summed E-state index contributed by atoms with van der Waals surface area (Å²) in [6.07, 6.45) is 2.55. The minimum Gasteiger partial charge on any atom is -0.325 e. The third-order valence-corrected chi connectivity index (χ3v) is 4.63. The zero-order valence-corrected chi connectivity index (χ0v) is 13.5. The number of hydrogen-bond acceptors (Lipinski definition) is 2. The molecule has 0 spiro atoms. The fourth-order valence-electron chi connectivity index (χ4n) is 1.93. The summed E-state index contributed by atoms with van der Waals surface area (Å²) in [6.45, 7) is 0. The first-order valence-corrected chi connectivity index (χ1v) is 8.18. The van der Waals surface area contributed by atoms with Gasteiger partial charge in [0.2, 0.25) is 5.91 Å². The van der Waals surface area contributed by atoms with Gasteiger partial charge in [0.1, 0.15) is 0 Å². The number of rotatable bonds is 5.